The fourth-order valence-electron chi connectivity index (χ4n) is 4.37. The molecule has 2 atom stereocenters. The highest BCUT2D eigenvalue weighted by molar-refractivity contribution is 8.14. The standard InChI is InChI=1S/C21H32N2O2S/c1-16(26-19(24)23-20(2,3)15-25-21(23,4)5)18-12-9-13-22(18)14-17-10-7-6-8-11-17/h6-8,10-11,16,18H,9,12-15H2,1-5H3/t16-,18-/m0/s1. The minimum absolute atomic E-state index is 0.136. The molecule has 2 aliphatic rings. The summed E-state index contributed by atoms with van der Waals surface area (Å²) in [6.07, 6.45) is 2.37. The van der Waals surface area contributed by atoms with Crippen molar-refractivity contribution in [2.75, 3.05) is 13.2 Å². The molecule has 0 N–H and O–H groups in total. The fraction of sp³-hybridized carbons (Fsp3) is 0.667. The van der Waals surface area contributed by atoms with E-state index < -0.39 is 5.72 Å². The molecule has 2 heterocycles. The van der Waals surface area contributed by atoms with Crippen molar-refractivity contribution in [2.45, 2.75) is 76.6 Å². The van der Waals surface area contributed by atoms with Gasteiger partial charge in [-0.15, -0.1) is 0 Å². The Morgan fingerprint density at radius 3 is 2.58 bits per heavy atom. The SMILES string of the molecule is C[C@H](SC(=O)N1C(C)(C)COC1(C)C)[C@@H]1CCCN1Cc1ccccc1. The zero-order valence-corrected chi connectivity index (χ0v) is 17.5. The number of hydrogen-bond acceptors (Lipinski definition) is 4. The Morgan fingerprint density at radius 1 is 1.27 bits per heavy atom. The quantitative estimate of drug-likeness (QED) is 0.760. The molecule has 1 aromatic carbocycles. The molecule has 0 unspecified atom stereocenters. The van der Waals surface area contributed by atoms with Crippen LogP contribution in [0.25, 0.3) is 0 Å². The molecule has 1 aromatic rings. The van der Waals surface area contributed by atoms with E-state index in [1.807, 2.05) is 18.7 Å². The van der Waals surface area contributed by atoms with Gasteiger partial charge < -0.3 is 4.74 Å². The van der Waals surface area contributed by atoms with E-state index in [0.29, 0.717) is 12.6 Å². The highest BCUT2D eigenvalue weighted by Crippen LogP contribution is 2.39. The Morgan fingerprint density at radius 2 is 1.96 bits per heavy atom. The molecule has 0 aromatic heterocycles. The van der Waals surface area contributed by atoms with Crippen LogP contribution in [0.1, 0.15) is 53.0 Å². The number of benzene rings is 1. The first-order valence-electron chi connectivity index (χ1n) is 9.63. The molecular weight excluding hydrogens is 344 g/mol. The predicted octanol–water partition coefficient (Wildman–Crippen LogP) is 4.74. The number of rotatable bonds is 4. The van der Waals surface area contributed by atoms with Gasteiger partial charge in [0.1, 0.15) is 5.72 Å². The maximum absolute atomic E-state index is 13.1. The van der Waals surface area contributed by atoms with Crippen molar-refractivity contribution in [2.24, 2.45) is 0 Å². The van der Waals surface area contributed by atoms with Gasteiger partial charge in [0.05, 0.1) is 12.1 Å². The molecule has 26 heavy (non-hydrogen) atoms. The maximum Gasteiger partial charge on any atom is 0.284 e. The molecule has 0 bridgehead atoms. The number of carbonyl (C=O) groups is 1. The lowest BCUT2D eigenvalue weighted by Crippen LogP contribution is -2.52. The molecule has 1 amide bonds. The van der Waals surface area contributed by atoms with Crippen LogP contribution in [0.5, 0.6) is 0 Å². The number of amides is 1. The van der Waals surface area contributed by atoms with Gasteiger partial charge in [0.15, 0.2) is 0 Å². The summed E-state index contributed by atoms with van der Waals surface area (Å²) in [6, 6.07) is 11.1. The van der Waals surface area contributed by atoms with E-state index in [2.05, 4.69) is 56.0 Å². The summed E-state index contributed by atoms with van der Waals surface area (Å²) in [5.41, 5.74) is 0.553. The molecule has 2 aliphatic heterocycles. The summed E-state index contributed by atoms with van der Waals surface area (Å²) < 4.78 is 5.88. The van der Waals surface area contributed by atoms with Gasteiger partial charge in [-0.2, -0.15) is 0 Å². The van der Waals surface area contributed by atoms with E-state index in [-0.39, 0.29) is 16.0 Å². The van der Waals surface area contributed by atoms with Gasteiger partial charge in [-0.05, 0) is 52.6 Å². The van der Waals surface area contributed by atoms with Crippen LogP contribution in [0.4, 0.5) is 4.79 Å². The molecule has 144 valence electrons. The Kier molecular flexibility index (Phi) is 5.71. The molecule has 5 heteroatoms. The number of ether oxygens (including phenoxy) is 1. The summed E-state index contributed by atoms with van der Waals surface area (Å²) >= 11 is 1.48. The van der Waals surface area contributed by atoms with Crippen molar-refractivity contribution in [3.05, 3.63) is 35.9 Å². The highest BCUT2D eigenvalue weighted by atomic mass is 32.2. The largest absolute Gasteiger partial charge is 0.354 e. The molecule has 2 saturated heterocycles. The van der Waals surface area contributed by atoms with E-state index in [9.17, 15) is 4.79 Å². The lowest BCUT2D eigenvalue weighted by Gasteiger charge is -2.38. The lowest BCUT2D eigenvalue weighted by atomic mass is 10.1. The van der Waals surface area contributed by atoms with Crippen molar-refractivity contribution < 1.29 is 9.53 Å². The van der Waals surface area contributed by atoms with Gasteiger partial charge in [0, 0.05) is 17.8 Å². The van der Waals surface area contributed by atoms with E-state index in [1.165, 1.54) is 23.7 Å². The van der Waals surface area contributed by atoms with E-state index in [1.54, 1.807) is 0 Å². The van der Waals surface area contributed by atoms with Crippen molar-refractivity contribution >= 4 is 17.0 Å². The molecule has 0 spiro atoms. The fourth-order valence-corrected chi connectivity index (χ4v) is 5.72. The Bertz CT molecular complexity index is 616. The summed E-state index contributed by atoms with van der Waals surface area (Å²) in [4.78, 5) is 17.6. The first-order valence-corrected chi connectivity index (χ1v) is 10.5. The van der Waals surface area contributed by atoms with Crippen LogP contribution >= 0.6 is 11.8 Å². The molecular formula is C21H32N2O2S. The van der Waals surface area contributed by atoms with Gasteiger partial charge in [0.2, 0.25) is 0 Å². The van der Waals surface area contributed by atoms with Crippen molar-refractivity contribution in [1.82, 2.24) is 9.80 Å². The van der Waals surface area contributed by atoms with Gasteiger partial charge in [-0.3, -0.25) is 14.6 Å². The molecule has 0 radical (unpaired) electrons. The summed E-state index contributed by atoms with van der Waals surface area (Å²) in [5.74, 6) is 0. The second-order valence-corrected chi connectivity index (χ2v) is 9.97. The average molecular weight is 377 g/mol. The number of thioether (sulfide) groups is 1. The predicted molar refractivity (Wildman–Crippen MR) is 108 cm³/mol. The van der Waals surface area contributed by atoms with Gasteiger partial charge >= 0.3 is 0 Å². The molecule has 0 saturated carbocycles. The van der Waals surface area contributed by atoms with Gasteiger partial charge in [-0.1, -0.05) is 49.0 Å². The van der Waals surface area contributed by atoms with Crippen LogP contribution in [0.2, 0.25) is 0 Å². The Labute approximate surface area is 162 Å². The average Bonchev–Trinajstić information content (AvgIpc) is 3.10. The minimum atomic E-state index is -0.535. The Hall–Kier alpha value is -1.04. The van der Waals surface area contributed by atoms with Crippen molar-refractivity contribution in [3.8, 4) is 0 Å². The normalized spacial score (nSPS) is 26.2. The first kappa shape index (κ1) is 19.7. The smallest absolute Gasteiger partial charge is 0.284 e. The number of nitrogens with zero attached hydrogens (tertiary/aromatic N) is 2. The zero-order chi connectivity index (χ0) is 18.9. The minimum Gasteiger partial charge on any atom is -0.354 e. The number of carbonyl (C=O) groups excluding carboxylic acids is 1. The van der Waals surface area contributed by atoms with Crippen LogP contribution in [-0.2, 0) is 11.3 Å². The van der Waals surface area contributed by atoms with Crippen LogP contribution in [0.15, 0.2) is 30.3 Å². The lowest BCUT2D eigenvalue weighted by molar-refractivity contribution is -0.0298. The molecule has 3 rings (SSSR count). The Balaban J connectivity index is 1.65. The molecule has 0 aliphatic carbocycles. The second-order valence-electron chi connectivity index (χ2n) is 8.64. The zero-order valence-electron chi connectivity index (χ0n) is 16.7. The third-order valence-corrected chi connectivity index (χ3v) is 6.65. The van der Waals surface area contributed by atoms with Crippen molar-refractivity contribution in [1.29, 1.82) is 0 Å². The summed E-state index contributed by atoms with van der Waals surface area (Å²) in [6.45, 7) is 13.0. The number of likely N-dealkylation sites (tertiary alicyclic amines) is 1. The third kappa shape index (κ3) is 4.10. The van der Waals surface area contributed by atoms with Crippen molar-refractivity contribution in [3.63, 3.8) is 0 Å². The molecule has 2 fully saturated rings. The van der Waals surface area contributed by atoms with Crippen LogP contribution in [0.3, 0.4) is 0 Å². The van der Waals surface area contributed by atoms with E-state index in [0.717, 1.165) is 19.5 Å². The van der Waals surface area contributed by atoms with Gasteiger partial charge in [0.25, 0.3) is 5.24 Å². The maximum atomic E-state index is 13.1. The summed E-state index contributed by atoms with van der Waals surface area (Å²) in [7, 11) is 0. The van der Waals surface area contributed by atoms with Crippen LogP contribution in [-0.4, -0.2) is 50.7 Å². The monoisotopic (exact) mass is 376 g/mol. The number of hydrogen-bond donors (Lipinski definition) is 0. The third-order valence-electron chi connectivity index (χ3n) is 5.58. The summed E-state index contributed by atoms with van der Waals surface area (Å²) in [5, 5.41) is 0.400. The topological polar surface area (TPSA) is 32.8 Å². The first-order chi connectivity index (χ1) is 12.2. The van der Waals surface area contributed by atoms with Gasteiger partial charge in [-0.25, -0.2) is 0 Å². The molecule has 4 nitrogen and oxygen atoms in total. The van der Waals surface area contributed by atoms with E-state index in [4.69, 9.17) is 4.74 Å². The van der Waals surface area contributed by atoms with E-state index >= 15 is 0 Å². The van der Waals surface area contributed by atoms with Crippen LogP contribution < -0.4 is 0 Å². The van der Waals surface area contributed by atoms with Crippen LogP contribution in [0, 0.1) is 0 Å². The second kappa shape index (κ2) is 7.53. The highest BCUT2D eigenvalue weighted by Gasteiger charge is 2.49.